The number of ether oxygens (including phenoxy) is 1. The van der Waals surface area contributed by atoms with Crippen molar-refractivity contribution in [2.45, 2.75) is 13.3 Å². The molecule has 0 aliphatic heterocycles. The summed E-state index contributed by atoms with van der Waals surface area (Å²) in [5.74, 6) is 4.88. The van der Waals surface area contributed by atoms with Crippen molar-refractivity contribution in [1.29, 1.82) is 5.26 Å². The minimum Gasteiger partial charge on any atom is -0.462 e. The van der Waals surface area contributed by atoms with Gasteiger partial charge in [-0.05, 0) is 19.1 Å². The molecule has 1 amide bonds. The normalized spacial score (nSPS) is 9.33. The number of carbonyl (C=O) groups is 2. The van der Waals surface area contributed by atoms with E-state index < -0.39 is 11.9 Å². The van der Waals surface area contributed by atoms with E-state index in [2.05, 4.69) is 17.2 Å². The fourth-order valence-corrected chi connectivity index (χ4v) is 2.75. The Bertz CT molecular complexity index is 839. The highest BCUT2D eigenvalue weighted by atomic mass is 32.1. The van der Waals surface area contributed by atoms with E-state index in [4.69, 9.17) is 10.00 Å². The SMILES string of the molecule is CCOC(=O)c1c(C#Cc2ccccc2)csc1NC(=O)CC#N. The third-order valence-corrected chi connectivity index (χ3v) is 3.77. The van der Waals surface area contributed by atoms with Crippen LogP contribution >= 0.6 is 11.3 Å². The second kappa shape index (κ2) is 8.52. The van der Waals surface area contributed by atoms with Crippen LogP contribution < -0.4 is 5.32 Å². The molecule has 2 aromatic rings. The van der Waals surface area contributed by atoms with Crippen molar-refractivity contribution in [2.24, 2.45) is 0 Å². The Hall–Kier alpha value is -3.09. The topological polar surface area (TPSA) is 79.2 Å². The zero-order chi connectivity index (χ0) is 17.4. The Balaban J connectivity index is 2.36. The molecule has 1 aromatic heterocycles. The summed E-state index contributed by atoms with van der Waals surface area (Å²) in [5.41, 5.74) is 1.51. The molecule has 0 unspecified atom stereocenters. The highest BCUT2D eigenvalue weighted by Gasteiger charge is 2.20. The van der Waals surface area contributed by atoms with Crippen molar-refractivity contribution in [3.63, 3.8) is 0 Å². The minimum absolute atomic E-state index is 0.214. The van der Waals surface area contributed by atoms with Gasteiger partial charge in [0.25, 0.3) is 0 Å². The van der Waals surface area contributed by atoms with Gasteiger partial charge in [0.1, 0.15) is 17.0 Å². The Morgan fingerprint density at radius 3 is 2.67 bits per heavy atom. The number of nitrogens with one attached hydrogen (secondary N) is 1. The van der Waals surface area contributed by atoms with Gasteiger partial charge in [-0.1, -0.05) is 30.0 Å². The van der Waals surface area contributed by atoms with E-state index in [1.807, 2.05) is 30.3 Å². The summed E-state index contributed by atoms with van der Waals surface area (Å²) in [4.78, 5) is 23.8. The molecule has 1 aromatic carbocycles. The van der Waals surface area contributed by atoms with Gasteiger partial charge < -0.3 is 10.1 Å². The highest BCUT2D eigenvalue weighted by Crippen LogP contribution is 2.29. The molecule has 0 saturated heterocycles. The van der Waals surface area contributed by atoms with Crippen molar-refractivity contribution in [3.8, 4) is 17.9 Å². The van der Waals surface area contributed by atoms with E-state index in [1.165, 1.54) is 11.3 Å². The molecule has 1 heterocycles. The van der Waals surface area contributed by atoms with E-state index in [-0.39, 0.29) is 18.6 Å². The van der Waals surface area contributed by atoms with Crippen LogP contribution in [0.4, 0.5) is 5.00 Å². The third-order valence-electron chi connectivity index (χ3n) is 2.88. The number of carbonyl (C=O) groups excluding carboxylic acids is 2. The molecular formula is C18H14N2O3S. The van der Waals surface area contributed by atoms with Crippen molar-refractivity contribution < 1.29 is 14.3 Å². The van der Waals surface area contributed by atoms with Crippen LogP contribution in [0.25, 0.3) is 0 Å². The van der Waals surface area contributed by atoms with Crippen molar-refractivity contribution >= 4 is 28.2 Å². The van der Waals surface area contributed by atoms with Gasteiger partial charge in [0.15, 0.2) is 0 Å². The summed E-state index contributed by atoms with van der Waals surface area (Å²) in [5, 5.41) is 13.2. The second-order valence-electron chi connectivity index (χ2n) is 4.57. The van der Waals surface area contributed by atoms with Gasteiger partial charge in [-0.2, -0.15) is 5.26 Å². The fourth-order valence-electron chi connectivity index (χ4n) is 1.85. The molecule has 24 heavy (non-hydrogen) atoms. The van der Waals surface area contributed by atoms with E-state index in [1.54, 1.807) is 18.4 Å². The predicted octanol–water partition coefficient (Wildman–Crippen LogP) is 3.18. The van der Waals surface area contributed by atoms with Gasteiger partial charge in [-0.25, -0.2) is 4.79 Å². The number of hydrogen-bond donors (Lipinski definition) is 1. The van der Waals surface area contributed by atoms with Crippen LogP contribution in [0.15, 0.2) is 35.7 Å². The van der Waals surface area contributed by atoms with E-state index in [9.17, 15) is 9.59 Å². The Kier molecular flexibility index (Phi) is 6.13. The Labute approximate surface area is 143 Å². The second-order valence-corrected chi connectivity index (χ2v) is 5.45. The van der Waals surface area contributed by atoms with Crippen LogP contribution in [0.1, 0.15) is 34.8 Å². The van der Waals surface area contributed by atoms with Crippen LogP contribution in [-0.4, -0.2) is 18.5 Å². The maximum absolute atomic E-state index is 12.2. The molecule has 5 nitrogen and oxygen atoms in total. The first-order chi connectivity index (χ1) is 11.7. The number of thiophene rings is 1. The van der Waals surface area contributed by atoms with Gasteiger partial charge in [0.2, 0.25) is 5.91 Å². The zero-order valence-corrected chi connectivity index (χ0v) is 13.8. The van der Waals surface area contributed by atoms with E-state index >= 15 is 0 Å². The minimum atomic E-state index is -0.552. The van der Waals surface area contributed by atoms with Crippen LogP contribution in [0.5, 0.6) is 0 Å². The first kappa shape index (κ1) is 17.3. The van der Waals surface area contributed by atoms with Gasteiger partial charge in [-0.3, -0.25) is 4.79 Å². The lowest BCUT2D eigenvalue weighted by Gasteiger charge is -2.05. The monoisotopic (exact) mass is 338 g/mol. The molecule has 0 aliphatic carbocycles. The third kappa shape index (κ3) is 4.45. The number of hydrogen-bond acceptors (Lipinski definition) is 5. The van der Waals surface area contributed by atoms with Crippen molar-refractivity contribution in [2.75, 3.05) is 11.9 Å². The molecule has 0 spiro atoms. The lowest BCUT2D eigenvalue weighted by atomic mass is 10.1. The zero-order valence-electron chi connectivity index (χ0n) is 13.0. The molecular weight excluding hydrogens is 324 g/mol. The first-order valence-electron chi connectivity index (χ1n) is 7.18. The van der Waals surface area contributed by atoms with Crippen molar-refractivity contribution in [3.05, 3.63) is 52.4 Å². The molecule has 0 atom stereocenters. The molecule has 0 bridgehead atoms. The fraction of sp³-hybridized carbons (Fsp3) is 0.167. The molecule has 120 valence electrons. The largest absolute Gasteiger partial charge is 0.462 e. The summed E-state index contributed by atoms with van der Waals surface area (Å²) in [6, 6.07) is 11.1. The number of amides is 1. The smallest absolute Gasteiger partial charge is 0.342 e. The van der Waals surface area contributed by atoms with E-state index in [0.717, 1.165) is 5.56 Å². The molecule has 2 rings (SSSR count). The van der Waals surface area contributed by atoms with Gasteiger partial charge >= 0.3 is 5.97 Å². The van der Waals surface area contributed by atoms with Gasteiger partial charge in [0, 0.05) is 10.9 Å². The molecule has 1 N–H and O–H groups in total. The Morgan fingerprint density at radius 1 is 1.25 bits per heavy atom. The quantitative estimate of drug-likeness (QED) is 0.686. The molecule has 0 radical (unpaired) electrons. The number of anilines is 1. The lowest BCUT2D eigenvalue weighted by molar-refractivity contribution is -0.115. The number of nitriles is 1. The lowest BCUT2D eigenvalue weighted by Crippen LogP contribution is -2.14. The number of benzene rings is 1. The molecule has 0 aliphatic rings. The van der Waals surface area contributed by atoms with Crippen LogP contribution in [0.3, 0.4) is 0 Å². The van der Waals surface area contributed by atoms with Crippen LogP contribution in [0.2, 0.25) is 0 Å². The number of rotatable bonds is 4. The molecule has 6 heteroatoms. The summed E-state index contributed by atoms with van der Waals surface area (Å²) < 4.78 is 5.04. The summed E-state index contributed by atoms with van der Waals surface area (Å²) in [6.07, 6.45) is -0.287. The maximum atomic E-state index is 12.2. The van der Waals surface area contributed by atoms with Gasteiger partial charge in [-0.15, -0.1) is 11.3 Å². The summed E-state index contributed by atoms with van der Waals surface area (Å²) >= 11 is 1.17. The number of nitrogens with zero attached hydrogens (tertiary/aromatic N) is 1. The average molecular weight is 338 g/mol. The van der Waals surface area contributed by atoms with Crippen LogP contribution in [0, 0.1) is 23.2 Å². The molecule has 0 fully saturated rings. The number of esters is 1. The van der Waals surface area contributed by atoms with Gasteiger partial charge in [0.05, 0.1) is 18.2 Å². The van der Waals surface area contributed by atoms with Crippen molar-refractivity contribution in [1.82, 2.24) is 0 Å². The van der Waals surface area contributed by atoms with E-state index in [0.29, 0.717) is 10.6 Å². The Morgan fingerprint density at radius 2 is 2.00 bits per heavy atom. The van der Waals surface area contributed by atoms with Crippen LogP contribution in [-0.2, 0) is 9.53 Å². The predicted molar refractivity (Wildman–Crippen MR) is 91.6 cm³/mol. The average Bonchev–Trinajstić information content (AvgIpc) is 2.97. The first-order valence-corrected chi connectivity index (χ1v) is 8.06. The summed E-state index contributed by atoms with van der Waals surface area (Å²) in [7, 11) is 0. The highest BCUT2D eigenvalue weighted by molar-refractivity contribution is 7.15. The summed E-state index contributed by atoms with van der Waals surface area (Å²) in [6.45, 7) is 1.92. The standard InChI is InChI=1S/C18H14N2O3S/c1-2-23-18(22)16-14(9-8-13-6-4-3-5-7-13)12-24-17(16)20-15(21)10-11-19/h3-7,12H,2,10H2,1H3,(H,20,21). The maximum Gasteiger partial charge on any atom is 0.342 e. The molecule has 0 saturated carbocycles.